The van der Waals surface area contributed by atoms with Crippen LogP contribution in [0.5, 0.6) is 0 Å². The monoisotopic (exact) mass is 504 g/mol. The molecule has 1 aromatic heterocycles. The van der Waals surface area contributed by atoms with Crippen LogP contribution in [0.3, 0.4) is 0 Å². The van der Waals surface area contributed by atoms with Crippen molar-refractivity contribution in [3.05, 3.63) is 88.2 Å². The number of hydrogen-bond donors (Lipinski definition) is 1. The third-order valence-corrected chi connectivity index (χ3v) is 7.45. The van der Waals surface area contributed by atoms with E-state index >= 15 is 0 Å². The lowest BCUT2D eigenvalue weighted by molar-refractivity contribution is -0.132. The summed E-state index contributed by atoms with van der Waals surface area (Å²) in [7, 11) is -2.61. The first-order valence-electron chi connectivity index (χ1n) is 10.0. The van der Waals surface area contributed by atoms with E-state index in [0.29, 0.717) is 12.2 Å². The third kappa shape index (κ3) is 6.15. The molecule has 0 spiro atoms. The normalized spacial score (nSPS) is 12.2. The molecule has 10 heteroatoms. The summed E-state index contributed by atoms with van der Waals surface area (Å²) in [4.78, 5) is 14.5. The van der Waals surface area contributed by atoms with Crippen molar-refractivity contribution in [1.29, 1.82) is 5.26 Å². The van der Waals surface area contributed by atoms with Gasteiger partial charge in [0.2, 0.25) is 15.9 Å². The molecular formula is C23H22Cl2N4O3S. The number of nitrogens with zero attached hydrogens (tertiary/aromatic N) is 3. The number of aromatic nitrogens is 1. The van der Waals surface area contributed by atoms with E-state index in [1.54, 1.807) is 29.9 Å². The molecular weight excluding hydrogens is 483 g/mol. The van der Waals surface area contributed by atoms with Gasteiger partial charge >= 0.3 is 0 Å². The molecule has 0 saturated heterocycles. The van der Waals surface area contributed by atoms with E-state index in [1.165, 1.54) is 23.1 Å². The molecule has 1 amide bonds. The number of likely N-dealkylation sites (N-methyl/N-ethyl adjacent to an activating group) is 1. The first kappa shape index (κ1) is 24.8. The molecule has 1 unspecified atom stereocenters. The number of benzene rings is 2. The highest BCUT2D eigenvalue weighted by Crippen LogP contribution is 2.29. The van der Waals surface area contributed by atoms with Crippen LogP contribution in [0.2, 0.25) is 10.0 Å². The second-order valence-corrected chi connectivity index (χ2v) is 9.86. The van der Waals surface area contributed by atoms with Gasteiger partial charge in [0.25, 0.3) is 0 Å². The lowest BCUT2D eigenvalue weighted by Crippen LogP contribution is -2.47. The number of aryl methyl sites for hydroxylation is 1. The Labute approximate surface area is 203 Å². The van der Waals surface area contributed by atoms with Crippen molar-refractivity contribution in [3.63, 3.8) is 0 Å². The Hall–Kier alpha value is -2.83. The summed E-state index contributed by atoms with van der Waals surface area (Å²) < 4.78 is 30.4. The maximum absolute atomic E-state index is 13.3. The molecule has 0 aliphatic carbocycles. The minimum Gasteiger partial charge on any atom is -0.340 e. The van der Waals surface area contributed by atoms with E-state index in [-0.39, 0.29) is 27.9 Å². The number of rotatable bonds is 9. The van der Waals surface area contributed by atoms with E-state index < -0.39 is 22.0 Å². The van der Waals surface area contributed by atoms with Crippen LogP contribution in [0.4, 0.5) is 0 Å². The maximum atomic E-state index is 13.3. The molecule has 0 bridgehead atoms. The molecule has 0 aliphatic heterocycles. The second kappa shape index (κ2) is 10.9. The van der Waals surface area contributed by atoms with Crippen molar-refractivity contribution in [2.45, 2.75) is 30.4 Å². The highest BCUT2D eigenvalue weighted by atomic mass is 35.5. The first-order valence-corrected chi connectivity index (χ1v) is 12.3. The van der Waals surface area contributed by atoms with Crippen molar-refractivity contribution in [1.82, 2.24) is 14.2 Å². The Bertz CT molecular complexity index is 1250. The van der Waals surface area contributed by atoms with Gasteiger partial charge in [-0.1, -0.05) is 59.6 Å². The number of carbonyl (C=O) groups excluding carboxylic acids is 1. The van der Waals surface area contributed by atoms with E-state index in [1.807, 2.05) is 30.3 Å². The van der Waals surface area contributed by atoms with Crippen molar-refractivity contribution < 1.29 is 13.2 Å². The van der Waals surface area contributed by atoms with Crippen LogP contribution in [0, 0.1) is 11.3 Å². The van der Waals surface area contributed by atoms with Crippen molar-refractivity contribution in [2.75, 3.05) is 7.05 Å². The molecule has 2 aromatic carbocycles. The van der Waals surface area contributed by atoms with Crippen LogP contribution in [0.25, 0.3) is 0 Å². The van der Waals surface area contributed by atoms with Gasteiger partial charge in [0.05, 0.1) is 10.0 Å². The van der Waals surface area contributed by atoms with Gasteiger partial charge in [-0.05, 0) is 36.2 Å². The zero-order valence-electron chi connectivity index (χ0n) is 17.8. The molecule has 3 aromatic rings. The number of hydrogen-bond acceptors (Lipinski definition) is 4. The minimum atomic E-state index is -4.21. The quantitative estimate of drug-likeness (QED) is 0.475. The second-order valence-electron chi connectivity index (χ2n) is 7.39. The third-order valence-electron chi connectivity index (χ3n) is 5.02. The van der Waals surface area contributed by atoms with E-state index in [0.717, 1.165) is 5.56 Å². The summed E-state index contributed by atoms with van der Waals surface area (Å²) in [6.07, 6.45) is 1.82. The zero-order valence-corrected chi connectivity index (χ0v) is 20.1. The van der Waals surface area contributed by atoms with Crippen LogP contribution in [0.15, 0.2) is 71.8 Å². The summed E-state index contributed by atoms with van der Waals surface area (Å²) in [5.74, 6) is -0.420. The molecule has 0 saturated carbocycles. The zero-order chi connectivity index (χ0) is 24.0. The molecule has 1 atom stereocenters. The maximum Gasteiger partial charge on any atom is 0.244 e. The Balaban J connectivity index is 1.87. The molecule has 1 N–H and O–H groups in total. The van der Waals surface area contributed by atoms with Crippen LogP contribution in [-0.2, 0) is 27.9 Å². The predicted octanol–water partition coefficient (Wildman–Crippen LogP) is 4.06. The van der Waals surface area contributed by atoms with Gasteiger partial charge in [0.1, 0.15) is 22.7 Å². The van der Waals surface area contributed by atoms with Crippen molar-refractivity contribution in [2.24, 2.45) is 0 Å². The molecule has 3 rings (SSSR count). The Morgan fingerprint density at radius 2 is 1.76 bits per heavy atom. The molecule has 33 heavy (non-hydrogen) atoms. The van der Waals surface area contributed by atoms with E-state index in [9.17, 15) is 18.5 Å². The van der Waals surface area contributed by atoms with Gasteiger partial charge in [0, 0.05) is 26.3 Å². The van der Waals surface area contributed by atoms with Crippen molar-refractivity contribution in [3.8, 4) is 6.07 Å². The molecule has 0 fully saturated rings. The number of nitriles is 1. The molecule has 0 radical (unpaired) electrons. The number of halogens is 2. The highest BCUT2D eigenvalue weighted by Gasteiger charge is 2.30. The highest BCUT2D eigenvalue weighted by molar-refractivity contribution is 7.89. The van der Waals surface area contributed by atoms with Crippen LogP contribution in [0.1, 0.15) is 17.7 Å². The van der Waals surface area contributed by atoms with Crippen molar-refractivity contribution >= 4 is 39.1 Å². The Kier molecular flexibility index (Phi) is 8.16. The standard InChI is InChI=1S/C23H22Cl2N4O3S/c1-28(16-17-7-3-2-4-8-17)23(30)21(12-14-29-13-6-9-18(29)15-26)27-33(31,32)22-19(24)10-5-11-20(22)25/h2-11,13,21,27H,12,14,16H2,1H3. The predicted molar refractivity (Wildman–Crippen MR) is 127 cm³/mol. The number of sulfonamides is 1. The summed E-state index contributed by atoms with van der Waals surface area (Å²) in [6.45, 7) is 0.558. The summed E-state index contributed by atoms with van der Waals surface area (Å²) in [6, 6.07) is 18.1. The average molecular weight is 505 g/mol. The van der Waals surface area contributed by atoms with Crippen LogP contribution < -0.4 is 4.72 Å². The van der Waals surface area contributed by atoms with Gasteiger partial charge in [-0.2, -0.15) is 9.98 Å². The molecule has 1 heterocycles. The first-order chi connectivity index (χ1) is 15.7. The Morgan fingerprint density at radius 1 is 1.09 bits per heavy atom. The number of nitrogens with one attached hydrogen (secondary N) is 1. The summed E-state index contributed by atoms with van der Waals surface area (Å²) in [5.41, 5.74) is 1.32. The summed E-state index contributed by atoms with van der Waals surface area (Å²) in [5, 5.41) is 9.15. The summed E-state index contributed by atoms with van der Waals surface area (Å²) >= 11 is 12.2. The fraction of sp³-hybridized carbons (Fsp3) is 0.217. The average Bonchev–Trinajstić information content (AvgIpc) is 3.24. The van der Waals surface area contributed by atoms with Gasteiger partial charge in [0.15, 0.2) is 0 Å². The molecule has 0 aliphatic rings. The fourth-order valence-corrected chi connectivity index (χ4v) is 5.77. The van der Waals surface area contributed by atoms with Gasteiger partial charge in [-0.25, -0.2) is 8.42 Å². The molecule has 7 nitrogen and oxygen atoms in total. The Morgan fingerprint density at radius 3 is 2.39 bits per heavy atom. The van der Waals surface area contributed by atoms with Gasteiger partial charge < -0.3 is 9.47 Å². The van der Waals surface area contributed by atoms with Crippen LogP contribution >= 0.6 is 23.2 Å². The lowest BCUT2D eigenvalue weighted by atomic mass is 10.1. The van der Waals surface area contributed by atoms with Gasteiger partial charge in [-0.3, -0.25) is 4.79 Å². The van der Waals surface area contributed by atoms with Crippen LogP contribution in [-0.4, -0.2) is 36.9 Å². The SMILES string of the molecule is CN(Cc1ccccc1)C(=O)C(CCn1cccc1C#N)NS(=O)(=O)c1c(Cl)cccc1Cl. The van der Waals surface area contributed by atoms with Gasteiger partial charge in [-0.15, -0.1) is 0 Å². The topological polar surface area (TPSA) is 95.2 Å². The minimum absolute atomic E-state index is 0.0454. The van der Waals surface area contributed by atoms with E-state index in [2.05, 4.69) is 10.8 Å². The largest absolute Gasteiger partial charge is 0.340 e. The number of carbonyl (C=O) groups is 1. The fourth-order valence-electron chi connectivity index (χ4n) is 3.40. The lowest BCUT2D eigenvalue weighted by Gasteiger charge is -2.25. The smallest absolute Gasteiger partial charge is 0.244 e. The molecule has 172 valence electrons. The van der Waals surface area contributed by atoms with E-state index in [4.69, 9.17) is 23.2 Å². The number of amides is 1.